The number of halogens is 1. The third-order valence-corrected chi connectivity index (χ3v) is 4.67. The maximum atomic E-state index is 6.22. The van der Waals surface area contributed by atoms with E-state index in [1.165, 1.54) is 11.1 Å². The fourth-order valence-corrected chi connectivity index (χ4v) is 2.89. The first kappa shape index (κ1) is 14.9. The van der Waals surface area contributed by atoms with E-state index in [1.807, 2.05) is 0 Å². The first-order chi connectivity index (χ1) is 7.95. The van der Waals surface area contributed by atoms with Crippen LogP contribution in [0, 0.1) is 20.8 Å². The van der Waals surface area contributed by atoms with Crippen LogP contribution < -0.4 is 10.5 Å². The van der Waals surface area contributed by atoms with Crippen molar-refractivity contribution in [3.8, 4) is 5.75 Å². The molecule has 4 heteroatoms. The SMILES string of the molecule is COc1c(C)c(C)c(Br)c(C)c1C(N)CCS. The molecule has 0 saturated heterocycles. The molecule has 0 aliphatic heterocycles. The maximum Gasteiger partial charge on any atom is 0.127 e. The topological polar surface area (TPSA) is 35.2 Å². The molecule has 2 N–H and O–H groups in total. The van der Waals surface area contributed by atoms with Crippen molar-refractivity contribution in [1.82, 2.24) is 0 Å². The van der Waals surface area contributed by atoms with Gasteiger partial charge in [0.2, 0.25) is 0 Å². The van der Waals surface area contributed by atoms with Gasteiger partial charge in [-0.05, 0) is 49.6 Å². The summed E-state index contributed by atoms with van der Waals surface area (Å²) in [6.45, 7) is 6.23. The number of hydrogen-bond donors (Lipinski definition) is 2. The average molecular weight is 318 g/mol. The molecule has 0 aromatic heterocycles. The van der Waals surface area contributed by atoms with E-state index in [1.54, 1.807) is 7.11 Å². The van der Waals surface area contributed by atoms with E-state index < -0.39 is 0 Å². The van der Waals surface area contributed by atoms with E-state index in [4.69, 9.17) is 10.5 Å². The third kappa shape index (κ3) is 2.80. The molecule has 0 aliphatic carbocycles. The minimum absolute atomic E-state index is 0.0296. The zero-order valence-electron chi connectivity index (χ0n) is 10.8. The fraction of sp³-hybridized carbons (Fsp3) is 0.538. The molecular weight excluding hydrogens is 298 g/mol. The van der Waals surface area contributed by atoms with Crippen LogP contribution in [-0.2, 0) is 0 Å². The highest BCUT2D eigenvalue weighted by atomic mass is 79.9. The van der Waals surface area contributed by atoms with Crippen molar-refractivity contribution in [2.24, 2.45) is 5.73 Å². The van der Waals surface area contributed by atoms with Gasteiger partial charge in [-0.1, -0.05) is 15.9 Å². The summed E-state index contributed by atoms with van der Waals surface area (Å²) in [5, 5.41) is 0. The number of ether oxygens (including phenoxy) is 1. The van der Waals surface area contributed by atoms with Crippen LogP contribution in [0.2, 0.25) is 0 Å². The van der Waals surface area contributed by atoms with Crippen LogP contribution >= 0.6 is 28.6 Å². The van der Waals surface area contributed by atoms with Crippen molar-refractivity contribution in [2.45, 2.75) is 33.2 Å². The molecule has 1 rings (SSSR count). The van der Waals surface area contributed by atoms with Gasteiger partial charge in [-0.25, -0.2) is 0 Å². The van der Waals surface area contributed by atoms with Crippen molar-refractivity contribution >= 4 is 28.6 Å². The maximum absolute atomic E-state index is 6.22. The number of thiol groups is 1. The smallest absolute Gasteiger partial charge is 0.127 e. The Balaban J connectivity index is 3.46. The Bertz CT molecular complexity index is 421. The molecule has 1 aromatic rings. The summed E-state index contributed by atoms with van der Waals surface area (Å²) in [4.78, 5) is 0. The molecular formula is C13H20BrNOS. The third-order valence-electron chi connectivity index (χ3n) is 3.23. The largest absolute Gasteiger partial charge is 0.496 e. The molecule has 0 amide bonds. The van der Waals surface area contributed by atoms with Crippen LogP contribution in [0.5, 0.6) is 5.75 Å². The number of nitrogens with two attached hydrogens (primary N) is 1. The molecule has 1 unspecified atom stereocenters. The molecule has 0 saturated carbocycles. The lowest BCUT2D eigenvalue weighted by Crippen LogP contribution is -2.15. The highest BCUT2D eigenvalue weighted by Crippen LogP contribution is 2.39. The summed E-state index contributed by atoms with van der Waals surface area (Å²) in [6, 6.07) is -0.0296. The average Bonchev–Trinajstić information content (AvgIpc) is 2.31. The van der Waals surface area contributed by atoms with E-state index >= 15 is 0 Å². The van der Waals surface area contributed by atoms with Gasteiger partial charge in [0.25, 0.3) is 0 Å². The van der Waals surface area contributed by atoms with Gasteiger partial charge in [-0.15, -0.1) is 0 Å². The molecule has 0 aliphatic rings. The minimum Gasteiger partial charge on any atom is -0.496 e. The monoisotopic (exact) mass is 317 g/mol. The van der Waals surface area contributed by atoms with Gasteiger partial charge < -0.3 is 10.5 Å². The second kappa shape index (κ2) is 6.12. The Morgan fingerprint density at radius 3 is 2.29 bits per heavy atom. The molecule has 1 aromatic carbocycles. The van der Waals surface area contributed by atoms with Crippen LogP contribution in [-0.4, -0.2) is 12.9 Å². The standard InChI is InChI=1S/C13H20BrNOS/c1-7-8(2)13(16-4)11(9(3)12(7)14)10(15)5-6-17/h10,17H,5-6,15H2,1-4H3. The van der Waals surface area contributed by atoms with E-state index in [9.17, 15) is 0 Å². The van der Waals surface area contributed by atoms with Crippen LogP contribution in [0.25, 0.3) is 0 Å². The van der Waals surface area contributed by atoms with Crippen molar-refractivity contribution in [3.05, 3.63) is 26.7 Å². The van der Waals surface area contributed by atoms with Gasteiger partial charge in [-0.3, -0.25) is 0 Å². The van der Waals surface area contributed by atoms with E-state index in [2.05, 4.69) is 49.3 Å². The highest BCUT2D eigenvalue weighted by Gasteiger charge is 2.20. The summed E-state index contributed by atoms with van der Waals surface area (Å²) in [7, 11) is 1.70. The Hall–Kier alpha value is -0.190. The van der Waals surface area contributed by atoms with Crippen molar-refractivity contribution < 1.29 is 4.74 Å². The molecule has 17 heavy (non-hydrogen) atoms. The van der Waals surface area contributed by atoms with E-state index in [0.29, 0.717) is 0 Å². The van der Waals surface area contributed by atoms with Gasteiger partial charge in [0.05, 0.1) is 7.11 Å². The second-order valence-corrected chi connectivity index (χ2v) is 5.49. The molecule has 0 radical (unpaired) electrons. The Labute approximate surface area is 117 Å². The molecule has 0 bridgehead atoms. The molecule has 0 spiro atoms. The predicted octanol–water partition coefficient (Wildman–Crippen LogP) is 3.70. The fourth-order valence-electron chi connectivity index (χ4n) is 2.10. The normalized spacial score (nSPS) is 12.6. The summed E-state index contributed by atoms with van der Waals surface area (Å²) >= 11 is 7.88. The molecule has 1 atom stereocenters. The van der Waals surface area contributed by atoms with Crippen LogP contribution in [0.15, 0.2) is 4.47 Å². The summed E-state index contributed by atoms with van der Waals surface area (Å²) in [6.07, 6.45) is 0.843. The number of rotatable bonds is 4. The number of hydrogen-bond acceptors (Lipinski definition) is 3. The summed E-state index contributed by atoms with van der Waals surface area (Å²) in [5.41, 5.74) is 10.8. The first-order valence-corrected chi connectivity index (χ1v) is 7.07. The van der Waals surface area contributed by atoms with Crippen LogP contribution in [0.4, 0.5) is 0 Å². The molecule has 96 valence electrons. The summed E-state index contributed by atoms with van der Waals surface area (Å²) in [5.74, 6) is 1.69. The molecule has 2 nitrogen and oxygen atoms in total. The van der Waals surface area contributed by atoms with Crippen molar-refractivity contribution in [1.29, 1.82) is 0 Å². The van der Waals surface area contributed by atoms with Crippen molar-refractivity contribution in [3.63, 3.8) is 0 Å². The quantitative estimate of drug-likeness (QED) is 0.830. The Morgan fingerprint density at radius 1 is 1.24 bits per heavy atom. The number of methoxy groups -OCH3 is 1. The highest BCUT2D eigenvalue weighted by molar-refractivity contribution is 9.10. The van der Waals surface area contributed by atoms with Crippen LogP contribution in [0.1, 0.15) is 34.7 Å². The van der Waals surface area contributed by atoms with Crippen molar-refractivity contribution in [2.75, 3.05) is 12.9 Å². The van der Waals surface area contributed by atoms with Crippen LogP contribution in [0.3, 0.4) is 0 Å². The lowest BCUT2D eigenvalue weighted by Gasteiger charge is -2.22. The van der Waals surface area contributed by atoms with E-state index in [-0.39, 0.29) is 6.04 Å². The van der Waals surface area contributed by atoms with Gasteiger partial charge in [0.15, 0.2) is 0 Å². The lowest BCUT2D eigenvalue weighted by molar-refractivity contribution is 0.400. The van der Waals surface area contributed by atoms with Gasteiger partial charge >= 0.3 is 0 Å². The zero-order chi connectivity index (χ0) is 13.2. The number of benzene rings is 1. The Morgan fingerprint density at radius 2 is 1.82 bits per heavy atom. The molecule has 0 heterocycles. The molecule has 0 fully saturated rings. The summed E-state index contributed by atoms with van der Waals surface area (Å²) < 4.78 is 6.66. The lowest BCUT2D eigenvalue weighted by atomic mass is 9.93. The minimum atomic E-state index is -0.0296. The van der Waals surface area contributed by atoms with Gasteiger partial charge in [-0.2, -0.15) is 12.6 Å². The Kier molecular flexibility index (Phi) is 5.35. The second-order valence-electron chi connectivity index (χ2n) is 4.25. The van der Waals surface area contributed by atoms with Gasteiger partial charge in [0.1, 0.15) is 5.75 Å². The van der Waals surface area contributed by atoms with E-state index in [0.717, 1.165) is 33.5 Å². The van der Waals surface area contributed by atoms with Gasteiger partial charge in [0, 0.05) is 16.1 Å². The first-order valence-electron chi connectivity index (χ1n) is 5.65. The zero-order valence-corrected chi connectivity index (χ0v) is 13.3. The predicted molar refractivity (Wildman–Crippen MR) is 80.3 cm³/mol.